The number of hydrogen-bond acceptors (Lipinski definition) is 0. The van der Waals surface area contributed by atoms with Gasteiger partial charge in [0.1, 0.15) is 0 Å². The van der Waals surface area contributed by atoms with Gasteiger partial charge in [0.05, 0.1) is 20.6 Å². The molecule has 0 saturated heterocycles. The molecule has 0 bridgehead atoms. The molecule has 2 heteroatoms. The van der Waals surface area contributed by atoms with E-state index in [4.69, 9.17) is 0 Å². The van der Waals surface area contributed by atoms with Crippen molar-refractivity contribution in [1.82, 2.24) is 0 Å². The van der Waals surface area contributed by atoms with E-state index >= 15 is 0 Å². The molecular formula is C21H40ClN. The lowest BCUT2D eigenvalue weighted by Crippen LogP contribution is -3.07. The molecule has 23 heavy (non-hydrogen) atoms. The fourth-order valence-electron chi connectivity index (χ4n) is 3.78. The fraction of sp³-hybridized carbons (Fsp3) is 0.810. The summed E-state index contributed by atoms with van der Waals surface area (Å²) in [5, 5.41) is 0. The smallest absolute Gasteiger partial charge is 0.0862 e. The zero-order valence-electron chi connectivity index (χ0n) is 15.9. The number of allylic oxidation sites excluding steroid dienone is 3. The van der Waals surface area contributed by atoms with Crippen LogP contribution in [0.5, 0.6) is 0 Å². The molecule has 0 aromatic carbocycles. The first-order valence-electron chi connectivity index (χ1n) is 9.82. The molecule has 0 spiro atoms. The second kappa shape index (κ2) is 14.1. The van der Waals surface area contributed by atoms with Crippen LogP contribution in [-0.2, 0) is 0 Å². The summed E-state index contributed by atoms with van der Waals surface area (Å²) >= 11 is 0. The Bertz CT molecular complexity index is 322. The molecule has 0 aliphatic heterocycles. The molecule has 1 aliphatic carbocycles. The van der Waals surface area contributed by atoms with Crippen molar-refractivity contribution in [3.63, 3.8) is 0 Å². The van der Waals surface area contributed by atoms with Crippen LogP contribution in [-0.4, -0.2) is 20.6 Å². The normalized spacial score (nSPS) is 20.0. The molecule has 0 aromatic rings. The van der Waals surface area contributed by atoms with E-state index < -0.39 is 0 Å². The number of hydrogen-bond donors (Lipinski definition) is 1. The summed E-state index contributed by atoms with van der Waals surface area (Å²) in [5.74, 6) is 0. The molecule has 1 unspecified atom stereocenters. The predicted molar refractivity (Wildman–Crippen MR) is 99.5 cm³/mol. The maximum Gasteiger partial charge on any atom is 0.0862 e. The van der Waals surface area contributed by atoms with E-state index in [-0.39, 0.29) is 12.4 Å². The first-order valence-corrected chi connectivity index (χ1v) is 9.82. The summed E-state index contributed by atoms with van der Waals surface area (Å²) in [6, 6.07) is 0. The second-order valence-corrected chi connectivity index (χ2v) is 7.67. The van der Waals surface area contributed by atoms with Gasteiger partial charge in [0.2, 0.25) is 0 Å². The fourth-order valence-corrected chi connectivity index (χ4v) is 3.78. The van der Waals surface area contributed by atoms with Crippen LogP contribution in [0.1, 0.15) is 84.0 Å². The van der Waals surface area contributed by atoms with Gasteiger partial charge in [0.15, 0.2) is 0 Å². The Balaban J connectivity index is 0.00000484. The van der Waals surface area contributed by atoms with Crippen molar-refractivity contribution in [3.05, 3.63) is 24.3 Å². The number of halogens is 1. The lowest BCUT2D eigenvalue weighted by molar-refractivity contribution is -0.864. The molecule has 0 heterocycles. The number of nitrogens with one attached hydrogen (secondary N) is 1. The Morgan fingerprint density at radius 1 is 0.826 bits per heavy atom. The monoisotopic (exact) mass is 341 g/mol. The van der Waals surface area contributed by atoms with Crippen LogP contribution in [0.2, 0.25) is 0 Å². The third kappa shape index (κ3) is 11.0. The second-order valence-electron chi connectivity index (χ2n) is 7.67. The van der Waals surface area contributed by atoms with Crippen LogP contribution in [0.15, 0.2) is 24.3 Å². The Morgan fingerprint density at radius 3 is 1.87 bits per heavy atom. The Morgan fingerprint density at radius 2 is 1.39 bits per heavy atom. The van der Waals surface area contributed by atoms with E-state index in [2.05, 4.69) is 45.3 Å². The van der Waals surface area contributed by atoms with E-state index in [0.717, 1.165) is 0 Å². The highest BCUT2D eigenvalue weighted by Gasteiger charge is 2.29. The van der Waals surface area contributed by atoms with Crippen molar-refractivity contribution in [2.45, 2.75) is 84.0 Å². The van der Waals surface area contributed by atoms with Gasteiger partial charge in [0, 0.05) is 5.41 Å². The minimum atomic E-state index is 0. The topological polar surface area (TPSA) is 4.44 Å². The zero-order chi connectivity index (χ0) is 16.1. The first-order chi connectivity index (χ1) is 10.7. The Labute approximate surface area is 152 Å². The minimum absolute atomic E-state index is 0. The average Bonchev–Trinajstić information content (AvgIpc) is 2.49. The van der Waals surface area contributed by atoms with Gasteiger partial charge in [0.25, 0.3) is 0 Å². The highest BCUT2D eigenvalue weighted by molar-refractivity contribution is 5.16. The van der Waals surface area contributed by atoms with Crippen molar-refractivity contribution in [2.24, 2.45) is 5.41 Å². The van der Waals surface area contributed by atoms with Crippen LogP contribution in [0.25, 0.3) is 0 Å². The molecule has 1 rings (SSSR count). The maximum atomic E-state index is 2.48. The van der Waals surface area contributed by atoms with Gasteiger partial charge in [-0.25, -0.2) is 0 Å². The molecule has 0 amide bonds. The molecule has 1 nitrogen and oxygen atoms in total. The number of unbranched alkanes of at least 4 members (excludes halogenated alkanes) is 9. The lowest BCUT2D eigenvalue weighted by Gasteiger charge is -2.32. The van der Waals surface area contributed by atoms with Gasteiger partial charge in [-0.1, -0.05) is 95.4 Å². The average molecular weight is 342 g/mol. The van der Waals surface area contributed by atoms with Gasteiger partial charge >= 0.3 is 0 Å². The molecule has 1 aliphatic rings. The number of quaternary nitrogens is 1. The van der Waals surface area contributed by atoms with Gasteiger partial charge in [-0.05, 0) is 12.8 Å². The van der Waals surface area contributed by atoms with Crippen molar-refractivity contribution in [3.8, 4) is 0 Å². The van der Waals surface area contributed by atoms with Crippen molar-refractivity contribution < 1.29 is 17.3 Å². The highest BCUT2D eigenvalue weighted by atomic mass is 35.5. The van der Waals surface area contributed by atoms with Gasteiger partial charge in [-0.3, -0.25) is 0 Å². The van der Waals surface area contributed by atoms with Crippen LogP contribution < -0.4 is 17.3 Å². The van der Waals surface area contributed by atoms with Crippen LogP contribution in [0, 0.1) is 5.41 Å². The molecular weight excluding hydrogens is 302 g/mol. The molecule has 0 fully saturated rings. The van der Waals surface area contributed by atoms with Gasteiger partial charge in [-0.15, -0.1) is 0 Å². The molecule has 136 valence electrons. The van der Waals surface area contributed by atoms with Crippen LogP contribution in [0.3, 0.4) is 0 Å². The Kier molecular flexibility index (Phi) is 13.9. The SMILES string of the molecule is CCCCCCCCCCCCC1(C[NH+](C)C)C=CC=CC1.[Cl-]. The summed E-state index contributed by atoms with van der Waals surface area (Å²) < 4.78 is 0. The predicted octanol–water partition coefficient (Wildman–Crippen LogP) is 1.95. The quantitative estimate of drug-likeness (QED) is 0.488. The third-order valence-corrected chi connectivity index (χ3v) is 4.96. The summed E-state index contributed by atoms with van der Waals surface area (Å²) in [5.41, 5.74) is 0.438. The zero-order valence-corrected chi connectivity index (χ0v) is 16.6. The summed E-state index contributed by atoms with van der Waals surface area (Å²) in [6.07, 6.45) is 26.3. The highest BCUT2D eigenvalue weighted by Crippen LogP contribution is 2.32. The van der Waals surface area contributed by atoms with Gasteiger partial charge in [-0.2, -0.15) is 0 Å². The molecule has 1 N–H and O–H groups in total. The largest absolute Gasteiger partial charge is 1.00 e. The van der Waals surface area contributed by atoms with E-state index in [1.807, 2.05) is 0 Å². The van der Waals surface area contributed by atoms with E-state index in [0.29, 0.717) is 5.41 Å². The number of rotatable bonds is 13. The van der Waals surface area contributed by atoms with Crippen molar-refractivity contribution in [1.29, 1.82) is 0 Å². The lowest BCUT2D eigenvalue weighted by atomic mass is 9.77. The van der Waals surface area contributed by atoms with Crippen molar-refractivity contribution >= 4 is 0 Å². The molecule has 0 radical (unpaired) electrons. The van der Waals surface area contributed by atoms with Gasteiger partial charge < -0.3 is 17.3 Å². The Hall–Kier alpha value is -0.270. The molecule has 0 saturated carbocycles. The van der Waals surface area contributed by atoms with Crippen LogP contribution >= 0.6 is 0 Å². The van der Waals surface area contributed by atoms with E-state index in [1.165, 1.54) is 83.6 Å². The summed E-state index contributed by atoms with van der Waals surface area (Å²) in [7, 11) is 4.57. The van der Waals surface area contributed by atoms with Crippen molar-refractivity contribution in [2.75, 3.05) is 20.6 Å². The maximum absolute atomic E-state index is 2.48. The summed E-state index contributed by atoms with van der Waals surface area (Å²) in [4.78, 5) is 1.58. The van der Waals surface area contributed by atoms with Crippen LogP contribution in [0.4, 0.5) is 0 Å². The standard InChI is InChI=1S/C21H39N.ClH/c1-4-5-6-7-8-9-10-11-12-14-17-21(20-22(2)3)18-15-13-16-19-21;/h13,15-16,18H,4-12,14,17,19-20H2,1-3H3;1H. The molecule has 0 aromatic heterocycles. The third-order valence-electron chi connectivity index (χ3n) is 4.96. The van der Waals surface area contributed by atoms with E-state index in [1.54, 1.807) is 4.90 Å². The minimum Gasteiger partial charge on any atom is -1.00 e. The molecule has 1 atom stereocenters. The van der Waals surface area contributed by atoms with E-state index in [9.17, 15) is 0 Å². The summed E-state index contributed by atoms with van der Waals surface area (Å²) in [6.45, 7) is 3.56. The first kappa shape index (κ1) is 22.7.